The highest BCUT2D eigenvalue weighted by Gasteiger charge is 2.34. The Balaban J connectivity index is 2.06. The van der Waals surface area contributed by atoms with E-state index >= 15 is 0 Å². The van der Waals surface area contributed by atoms with Crippen molar-refractivity contribution in [1.29, 1.82) is 0 Å². The summed E-state index contributed by atoms with van der Waals surface area (Å²) in [6, 6.07) is 11.1. The first-order valence-corrected chi connectivity index (χ1v) is 8.89. The Morgan fingerprint density at radius 1 is 1.12 bits per heavy atom. The molecule has 0 heterocycles. The molecule has 2 N–H and O–H groups in total. The molecule has 2 aromatic rings. The van der Waals surface area contributed by atoms with Crippen molar-refractivity contribution >= 4 is 23.4 Å². The number of nitrogens with one attached hydrogen (secondary N) is 1. The van der Waals surface area contributed by atoms with Gasteiger partial charge < -0.3 is 10.4 Å². The van der Waals surface area contributed by atoms with Gasteiger partial charge in [-0.15, -0.1) is 11.8 Å². The molecule has 0 aliphatic rings. The average molecular weight is 383 g/mol. The van der Waals surface area contributed by atoms with E-state index in [1.54, 1.807) is 0 Å². The van der Waals surface area contributed by atoms with Crippen molar-refractivity contribution < 1.29 is 23.1 Å². The van der Waals surface area contributed by atoms with E-state index in [0.717, 1.165) is 16.5 Å². The molecule has 1 amide bonds. The largest absolute Gasteiger partial charge is 0.416 e. The van der Waals surface area contributed by atoms with Gasteiger partial charge in [-0.05, 0) is 50.6 Å². The van der Waals surface area contributed by atoms with E-state index in [4.69, 9.17) is 0 Å². The molecule has 0 fully saturated rings. The molecule has 0 saturated heterocycles. The summed E-state index contributed by atoms with van der Waals surface area (Å²) in [5.41, 5.74) is -1.40. The van der Waals surface area contributed by atoms with Crippen LogP contribution in [0.5, 0.6) is 0 Å². The number of hydrogen-bond donors (Lipinski definition) is 2. The second kappa shape index (κ2) is 7.72. The van der Waals surface area contributed by atoms with Crippen LogP contribution in [0.1, 0.15) is 23.6 Å². The average Bonchev–Trinajstić information content (AvgIpc) is 2.55. The number of rotatable bonds is 5. The molecule has 0 bridgehead atoms. The summed E-state index contributed by atoms with van der Waals surface area (Å²) in [5, 5.41) is 12.8. The zero-order valence-corrected chi connectivity index (χ0v) is 15.5. The summed E-state index contributed by atoms with van der Waals surface area (Å²) >= 11 is 1.29. The topological polar surface area (TPSA) is 49.3 Å². The van der Waals surface area contributed by atoms with Gasteiger partial charge in [-0.25, -0.2) is 0 Å². The quantitative estimate of drug-likeness (QED) is 0.729. The lowest BCUT2D eigenvalue weighted by molar-refractivity contribution is -0.138. The van der Waals surface area contributed by atoms with Crippen LogP contribution in [0, 0.1) is 13.8 Å². The van der Waals surface area contributed by atoms with Crippen LogP contribution in [0.15, 0.2) is 47.4 Å². The van der Waals surface area contributed by atoms with Gasteiger partial charge in [0.1, 0.15) is 5.60 Å². The van der Waals surface area contributed by atoms with Gasteiger partial charge >= 0.3 is 6.18 Å². The minimum Gasteiger partial charge on any atom is -0.379 e. The lowest BCUT2D eigenvalue weighted by Crippen LogP contribution is -2.42. The van der Waals surface area contributed by atoms with Crippen molar-refractivity contribution in [2.75, 3.05) is 11.1 Å². The van der Waals surface area contributed by atoms with Gasteiger partial charge in [-0.1, -0.05) is 23.8 Å². The molecule has 2 aromatic carbocycles. The van der Waals surface area contributed by atoms with E-state index in [2.05, 4.69) is 5.32 Å². The van der Waals surface area contributed by atoms with Crippen LogP contribution >= 0.6 is 11.8 Å². The van der Waals surface area contributed by atoms with Crippen molar-refractivity contribution in [2.24, 2.45) is 0 Å². The highest BCUT2D eigenvalue weighted by molar-refractivity contribution is 7.99. The van der Waals surface area contributed by atoms with Gasteiger partial charge in [0.15, 0.2) is 0 Å². The van der Waals surface area contributed by atoms with Crippen molar-refractivity contribution in [3.63, 3.8) is 0 Å². The van der Waals surface area contributed by atoms with E-state index in [9.17, 15) is 23.1 Å². The van der Waals surface area contributed by atoms with Crippen molar-refractivity contribution in [3.8, 4) is 0 Å². The maximum absolute atomic E-state index is 13.0. The van der Waals surface area contributed by atoms with Gasteiger partial charge in [0, 0.05) is 16.3 Å². The minimum absolute atomic E-state index is 0.00599. The van der Waals surface area contributed by atoms with Crippen LogP contribution in [-0.4, -0.2) is 22.4 Å². The van der Waals surface area contributed by atoms with E-state index in [1.165, 1.54) is 37.7 Å². The van der Waals surface area contributed by atoms with E-state index in [1.807, 2.05) is 31.2 Å². The molecule has 0 spiro atoms. The first kappa shape index (κ1) is 20.3. The minimum atomic E-state index is -4.51. The summed E-state index contributed by atoms with van der Waals surface area (Å²) in [6.07, 6.45) is -4.51. The Bertz CT molecular complexity index is 786. The number of anilines is 1. The molecule has 0 aromatic heterocycles. The second-order valence-corrected chi connectivity index (χ2v) is 7.41. The molecule has 0 aliphatic carbocycles. The monoisotopic (exact) mass is 383 g/mol. The molecule has 1 atom stereocenters. The Kier molecular flexibility index (Phi) is 6.03. The number of benzene rings is 2. The van der Waals surface area contributed by atoms with Crippen LogP contribution in [0.2, 0.25) is 0 Å². The zero-order chi connectivity index (χ0) is 19.5. The molecule has 1 unspecified atom stereocenters. The number of halogens is 3. The number of hydrogen-bond acceptors (Lipinski definition) is 3. The molecule has 3 nitrogen and oxygen atoms in total. The van der Waals surface area contributed by atoms with Gasteiger partial charge in [0.05, 0.1) is 5.56 Å². The van der Waals surface area contributed by atoms with Crippen molar-refractivity contribution in [3.05, 3.63) is 59.2 Å². The molecule has 0 radical (unpaired) electrons. The number of thioether (sulfide) groups is 1. The summed E-state index contributed by atoms with van der Waals surface area (Å²) in [4.78, 5) is 13.2. The first-order valence-electron chi connectivity index (χ1n) is 7.90. The van der Waals surface area contributed by atoms with Gasteiger partial charge in [0.25, 0.3) is 5.91 Å². The number of aliphatic hydroxyl groups is 1. The Morgan fingerprint density at radius 2 is 1.73 bits per heavy atom. The SMILES string of the molecule is Cc1ccc(SCC(C)(O)C(=O)Nc2ccc(C)c(C(F)(F)F)c2)cc1. The number of amides is 1. The highest BCUT2D eigenvalue weighted by Crippen LogP contribution is 2.33. The molecule has 0 saturated carbocycles. The molecular formula is C19H20F3NO2S. The second-order valence-electron chi connectivity index (χ2n) is 6.36. The van der Waals surface area contributed by atoms with Crippen LogP contribution in [0.3, 0.4) is 0 Å². The first-order chi connectivity index (χ1) is 12.0. The van der Waals surface area contributed by atoms with Gasteiger partial charge in [0.2, 0.25) is 0 Å². The lowest BCUT2D eigenvalue weighted by Gasteiger charge is -2.22. The predicted octanol–water partition coefficient (Wildman–Crippen LogP) is 4.80. The normalized spacial score (nSPS) is 14.0. The molecule has 140 valence electrons. The zero-order valence-electron chi connectivity index (χ0n) is 14.6. The van der Waals surface area contributed by atoms with Gasteiger partial charge in [-0.3, -0.25) is 4.79 Å². The maximum atomic E-state index is 13.0. The number of aryl methyl sites for hydroxylation is 2. The fourth-order valence-corrected chi connectivity index (χ4v) is 3.10. The van der Waals surface area contributed by atoms with Crippen LogP contribution in [-0.2, 0) is 11.0 Å². The maximum Gasteiger partial charge on any atom is 0.416 e. The van der Waals surface area contributed by atoms with E-state index in [0.29, 0.717) is 0 Å². The van der Waals surface area contributed by atoms with Crippen LogP contribution in [0.25, 0.3) is 0 Å². The smallest absolute Gasteiger partial charge is 0.379 e. The van der Waals surface area contributed by atoms with Crippen LogP contribution < -0.4 is 5.32 Å². The Hall–Kier alpha value is -1.99. The lowest BCUT2D eigenvalue weighted by atomic mass is 10.1. The van der Waals surface area contributed by atoms with Crippen molar-refractivity contribution in [1.82, 2.24) is 0 Å². The number of carbonyl (C=O) groups is 1. The van der Waals surface area contributed by atoms with E-state index in [-0.39, 0.29) is 17.0 Å². The fourth-order valence-electron chi connectivity index (χ4n) is 2.19. The molecule has 2 rings (SSSR count). The predicted molar refractivity (Wildman–Crippen MR) is 97.3 cm³/mol. The summed E-state index contributed by atoms with van der Waals surface area (Å²) < 4.78 is 38.9. The standard InChI is InChI=1S/C19H20F3NO2S/c1-12-4-8-15(9-5-12)26-11-18(3,25)17(24)23-14-7-6-13(2)16(10-14)19(20,21)22/h4-10,25H,11H2,1-3H3,(H,23,24). The third kappa shape index (κ3) is 5.25. The Labute approximate surface area is 154 Å². The van der Waals surface area contributed by atoms with Crippen molar-refractivity contribution in [2.45, 2.75) is 37.4 Å². The number of carbonyl (C=O) groups excluding carboxylic acids is 1. The fraction of sp³-hybridized carbons (Fsp3) is 0.316. The summed E-state index contributed by atoms with van der Waals surface area (Å²) in [6.45, 7) is 4.64. The number of alkyl halides is 3. The van der Waals surface area contributed by atoms with Crippen LogP contribution in [0.4, 0.5) is 18.9 Å². The molecule has 26 heavy (non-hydrogen) atoms. The summed E-state index contributed by atoms with van der Waals surface area (Å²) in [5.74, 6) is -0.686. The molecule has 7 heteroatoms. The molecular weight excluding hydrogens is 363 g/mol. The third-order valence-corrected chi connectivity index (χ3v) is 5.14. The Morgan fingerprint density at radius 3 is 2.31 bits per heavy atom. The summed E-state index contributed by atoms with van der Waals surface area (Å²) in [7, 11) is 0. The molecule has 0 aliphatic heterocycles. The highest BCUT2D eigenvalue weighted by atomic mass is 32.2. The third-order valence-electron chi connectivity index (χ3n) is 3.83. The van der Waals surface area contributed by atoms with E-state index < -0.39 is 23.2 Å². The van der Waals surface area contributed by atoms with Gasteiger partial charge in [-0.2, -0.15) is 13.2 Å².